The Morgan fingerprint density at radius 3 is 2.33 bits per heavy atom. The Bertz CT molecular complexity index is 773. The fourth-order valence-corrected chi connectivity index (χ4v) is 2.20. The van der Waals surface area contributed by atoms with E-state index in [0.717, 1.165) is 5.56 Å². The SMILES string of the molecule is COc1ccc(OC)c(NC(=O)COC(=O)CCOc2ccc(C)cc2)c1. The van der Waals surface area contributed by atoms with Crippen molar-refractivity contribution in [1.82, 2.24) is 0 Å². The molecule has 144 valence electrons. The minimum absolute atomic E-state index is 0.0453. The molecule has 0 aliphatic heterocycles. The lowest BCUT2D eigenvalue weighted by Gasteiger charge is -2.12. The van der Waals surface area contributed by atoms with Crippen molar-refractivity contribution in [3.8, 4) is 17.2 Å². The second-order valence-electron chi connectivity index (χ2n) is 5.69. The molecule has 0 aliphatic rings. The molecule has 0 aliphatic carbocycles. The minimum Gasteiger partial charge on any atom is -0.497 e. The fraction of sp³-hybridized carbons (Fsp3) is 0.300. The average molecular weight is 373 g/mol. The molecule has 0 heterocycles. The Kier molecular flexibility index (Phi) is 7.49. The highest BCUT2D eigenvalue weighted by Gasteiger charge is 2.12. The van der Waals surface area contributed by atoms with Crippen LogP contribution in [0.4, 0.5) is 5.69 Å². The molecule has 7 heteroatoms. The third-order valence-electron chi connectivity index (χ3n) is 3.64. The zero-order valence-corrected chi connectivity index (χ0v) is 15.6. The van der Waals surface area contributed by atoms with E-state index in [1.54, 1.807) is 18.2 Å². The molecule has 0 spiro atoms. The van der Waals surface area contributed by atoms with Crippen molar-refractivity contribution in [3.63, 3.8) is 0 Å². The summed E-state index contributed by atoms with van der Waals surface area (Å²) in [5.41, 5.74) is 1.56. The number of rotatable bonds is 9. The number of amides is 1. The van der Waals surface area contributed by atoms with E-state index >= 15 is 0 Å². The highest BCUT2D eigenvalue weighted by molar-refractivity contribution is 5.94. The summed E-state index contributed by atoms with van der Waals surface area (Å²) in [7, 11) is 3.01. The number of benzene rings is 2. The first-order chi connectivity index (χ1) is 13.0. The number of nitrogens with one attached hydrogen (secondary N) is 1. The molecule has 0 atom stereocenters. The zero-order chi connectivity index (χ0) is 19.6. The smallest absolute Gasteiger partial charge is 0.309 e. The molecular weight excluding hydrogens is 350 g/mol. The number of esters is 1. The Morgan fingerprint density at radius 2 is 1.67 bits per heavy atom. The molecule has 0 radical (unpaired) electrons. The summed E-state index contributed by atoms with van der Waals surface area (Å²) in [6.07, 6.45) is 0.0453. The van der Waals surface area contributed by atoms with Gasteiger partial charge in [-0.2, -0.15) is 0 Å². The van der Waals surface area contributed by atoms with Gasteiger partial charge in [-0.3, -0.25) is 9.59 Å². The highest BCUT2D eigenvalue weighted by Crippen LogP contribution is 2.28. The Hall–Kier alpha value is -3.22. The van der Waals surface area contributed by atoms with Crippen LogP contribution < -0.4 is 19.5 Å². The van der Waals surface area contributed by atoms with Gasteiger partial charge in [0.1, 0.15) is 17.2 Å². The van der Waals surface area contributed by atoms with E-state index < -0.39 is 18.5 Å². The molecule has 0 saturated carbocycles. The van der Waals surface area contributed by atoms with Crippen molar-refractivity contribution in [2.24, 2.45) is 0 Å². The maximum atomic E-state index is 12.0. The predicted octanol–water partition coefficient (Wildman–Crippen LogP) is 2.96. The van der Waals surface area contributed by atoms with Crippen LogP contribution in [-0.2, 0) is 14.3 Å². The molecule has 2 aromatic rings. The third kappa shape index (κ3) is 6.54. The summed E-state index contributed by atoms with van der Waals surface area (Å²) in [5.74, 6) is 0.721. The molecule has 0 bridgehead atoms. The lowest BCUT2D eigenvalue weighted by atomic mass is 10.2. The molecule has 1 N–H and O–H groups in total. The van der Waals surface area contributed by atoms with Crippen molar-refractivity contribution in [2.75, 3.05) is 32.8 Å². The van der Waals surface area contributed by atoms with Gasteiger partial charge in [0.15, 0.2) is 6.61 Å². The first kappa shape index (κ1) is 20.1. The lowest BCUT2D eigenvalue weighted by Crippen LogP contribution is -2.22. The van der Waals surface area contributed by atoms with Gasteiger partial charge in [-0.15, -0.1) is 0 Å². The van der Waals surface area contributed by atoms with Gasteiger partial charge in [0.2, 0.25) is 0 Å². The van der Waals surface area contributed by atoms with E-state index in [-0.39, 0.29) is 13.0 Å². The number of carbonyl (C=O) groups excluding carboxylic acids is 2. The quantitative estimate of drug-likeness (QED) is 0.681. The van der Waals surface area contributed by atoms with Crippen molar-refractivity contribution >= 4 is 17.6 Å². The average Bonchev–Trinajstić information content (AvgIpc) is 2.68. The molecule has 1 amide bonds. The maximum absolute atomic E-state index is 12.0. The summed E-state index contributed by atoms with van der Waals surface area (Å²) in [6.45, 7) is 1.75. The number of ether oxygens (including phenoxy) is 4. The van der Waals surface area contributed by atoms with Gasteiger partial charge in [0.25, 0.3) is 5.91 Å². The first-order valence-corrected chi connectivity index (χ1v) is 8.39. The number of hydrogen-bond donors (Lipinski definition) is 1. The van der Waals surface area contributed by atoms with Gasteiger partial charge in [-0.05, 0) is 31.2 Å². The Labute approximate surface area is 158 Å². The number of carbonyl (C=O) groups is 2. The summed E-state index contributed by atoms with van der Waals surface area (Å²) in [6, 6.07) is 12.5. The fourth-order valence-electron chi connectivity index (χ4n) is 2.20. The maximum Gasteiger partial charge on any atom is 0.309 e. The van der Waals surface area contributed by atoms with Crippen LogP contribution in [0.2, 0.25) is 0 Å². The van der Waals surface area contributed by atoms with E-state index in [9.17, 15) is 9.59 Å². The van der Waals surface area contributed by atoms with Gasteiger partial charge >= 0.3 is 5.97 Å². The van der Waals surface area contributed by atoms with Gasteiger partial charge in [0, 0.05) is 6.07 Å². The van der Waals surface area contributed by atoms with Crippen LogP contribution in [0.1, 0.15) is 12.0 Å². The number of anilines is 1. The predicted molar refractivity (Wildman–Crippen MR) is 100 cm³/mol. The second kappa shape index (κ2) is 10.1. The monoisotopic (exact) mass is 373 g/mol. The third-order valence-corrected chi connectivity index (χ3v) is 3.64. The molecule has 7 nitrogen and oxygen atoms in total. The summed E-state index contributed by atoms with van der Waals surface area (Å²) >= 11 is 0. The summed E-state index contributed by atoms with van der Waals surface area (Å²) in [5, 5.41) is 2.63. The second-order valence-corrected chi connectivity index (χ2v) is 5.69. The van der Waals surface area contributed by atoms with Crippen molar-refractivity contribution in [1.29, 1.82) is 0 Å². The van der Waals surface area contributed by atoms with Crippen LogP contribution in [0, 0.1) is 6.92 Å². The molecule has 0 fully saturated rings. The van der Waals surface area contributed by atoms with E-state index in [1.807, 2.05) is 31.2 Å². The molecule has 27 heavy (non-hydrogen) atoms. The topological polar surface area (TPSA) is 83.1 Å². The van der Waals surface area contributed by atoms with Crippen LogP contribution in [0.25, 0.3) is 0 Å². The van der Waals surface area contributed by atoms with Crippen LogP contribution >= 0.6 is 0 Å². The summed E-state index contributed by atoms with van der Waals surface area (Å²) < 4.78 is 20.7. The Balaban J connectivity index is 1.74. The van der Waals surface area contributed by atoms with Crippen molar-refractivity contribution in [3.05, 3.63) is 48.0 Å². The lowest BCUT2D eigenvalue weighted by molar-refractivity contribution is -0.147. The van der Waals surface area contributed by atoms with Crippen LogP contribution in [0.3, 0.4) is 0 Å². The number of aryl methyl sites for hydroxylation is 1. The van der Waals surface area contributed by atoms with Crippen LogP contribution in [0.15, 0.2) is 42.5 Å². The normalized spacial score (nSPS) is 10.0. The molecule has 0 unspecified atom stereocenters. The zero-order valence-electron chi connectivity index (χ0n) is 15.6. The van der Waals surface area contributed by atoms with Gasteiger partial charge in [0.05, 0.1) is 32.9 Å². The van der Waals surface area contributed by atoms with Crippen LogP contribution in [0.5, 0.6) is 17.2 Å². The van der Waals surface area contributed by atoms with Gasteiger partial charge in [-0.25, -0.2) is 0 Å². The molecule has 0 aromatic heterocycles. The van der Waals surface area contributed by atoms with Crippen molar-refractivity contribution < 1.29 is 28.5 Å². The van der Waals surface area contributed by atoms with Crippen molar-refractivity contribution in [2.45, 2.75) is 13.3 Å². The largest absolute Gasteiger partial charge is 0.497 e. The Morgan fingerprint density at radius 1 is 0.963 bits per heavy atom. The van der Waals surface area contributed by atoms with E-state index in [4.69, 9.17) is 18.9 Å². The van der Waals surface area contributed by atoms with E-state index in [1.165, 1.54) is 14.2 Å². The summed E-state index contributed by atoms with van der Waals surface area (Å²) in [4.78, 5) is 23.7. The molecular formula is C20H23NO6. The van der Waals surface area contributed by atoms with Gasteiger partial charge in [-0.1, -0.05) is 17.7 Å². The van der Waals surface area contributed by atoms with E-state index in [2.05, 4.69) is 5.32 Å². The van der Waals surface area contributed by atoms with Crippen LogP contribution in [-0.4, -0.2) is 39.3 Å². The molecule has 2 aromatic carbocycles. The molecule has 0 saturated heterocycles. The number of methoxy groups -OCH3 is 2. The first-order valence-electron chi connectivity index (χ1n) is 8.39. The molecule has 2 rings (SSSR count). The van der Waals surface area contributed by atoms with E-state index in [0.29, 0.717) is 22.9 Å². The minimum atomic E-state index is -0.519. The highest BCUT2D eigenvalue weighted by atomic mass is 16.5. The standard InChI is InChI=1S/C20H23NO6/c1-14-4-6-15(7-5-14)26-11-10-20(23)27-13-19(22)21-17-12-16(24-2)8-9-18(17)25-3/h4-9,12H,10-11,13H2,1-3H3,(H,21,22). The number of hydrogen-bond acceptors (Lipinski definition) is 6. The van der Waals surface area contributed by atoms with Gasteiger partial charge < -0.3 is 24.3 Å².